The van der Waals surface area contributed by atoms with Crippen molar-refractivity contribution in [3.05, 3.63) is 131 Å². The number of nitrogens with zero attached hydrogens (tertiary/aromatic N) is 4. The van der Waals surface area contributed by atoms with Crippen LogP contribution in [0.25, 0.3) is 70.3 Å². The lowest BCUT2D eigenvalue weighted by molar-refractivity contribution is 1.37. The van der Waals surface area contributed by atoms with Crippen LogP contribution >= 0.6 is 0 Å². The van der Waals surface area contributed by atoms with Crippen LogP contribution in [0.5, 0.6) is 0 Å². The fraction of sp³-hybridized carbons (Fsp3) is 0. The molecule has 0 heterocycles. The molecule has 0 bridgehead atoms. The molecular weight excluding hydrogens is 464 g/mol. The summed E-state index contributed by atoms with van der Waals surface area (Å²) in [5.41, 5.74) is 4.37. The summed E-state index contributed by atoms with van der Waals surface area (Å²) in [6.45, 7) is 7.51. The summed E-state index contributed by atoms with van der Waals surface area (Å²) in [6, 6.07) is 37.3. The van der Waals surface area contributed by atoms with Crippen LogP contribution in [0.2, 0.25) is 0 Å². The van der Waals surface area contributed by atoms with Crippen molar-refractivity contribution in [3.63, 3.8) is 0 Å². The van der Waals surface area contributed by atoms with Gasteiger partial charge >= 0.3 is 0 Å². The van der Waals surface area contributed by atoms with Gasteiger partial charge in [0.05, 0.1) is 10.5 Å². The molecule has 0 amide bonds. The summed E-state index contributed by atoms with van der Waals surface area (Å²) in [4.78, 5) is 7.69. The zero-order valence-electron chi connectivity index (χ0n) is 20.2. The summed E-state index contributed by atoms with van der Waals surface area (Å²) in [6.07, 6.45) is 2.02. The predicted octanol–water partition coefficient (Wildman–Crippen LogP) is 7.63. The Labute approximate surface area is 218 Å². The summed E-state index contributed by atoms with van der Waals surface area (Å²) in [7, 11) is 0. The molecule has 0 aliphatic heterocycles. The Balaban J connectivity index is 1.58. The van der Waals surface area contributed by atoms with Gasteiger partial charge in [-0.3, -0.25) is 0 Å². The van der Waals surface area contributed by atoms with Gasteiger partial charge in [0, 0.05) is 21.5 Å². The molecule has 4 nitrogen and oxygen atoms in total. The number of nitriles is 1. The predicted molar refractivity (Wildman–Crippen MR) is 153 cm³/mol. The lowest BCUT2D eigenvalue weighted by Gasteiger charge is -2.02. The number of fused-ring (bicyclic) bond motifs is 6. The van der Waals surface area contributed by atoms with E-state index in [-0.39, 0.29) is 0 Å². The van der Waals surface area contributed by atoms with E-state index in [9.17, 15) is 5.26 Å². The first-order valence-electron chi connectivity index (χ1n) is 12.3. The molecule has 0 saturated heterocycles. The van der Waals surface area contributed by atoms with E-state index in [4.69, 9.17) is 6.57 Å². The highest BCUT2D eigenvalue weighted by atomic mass is 15.2. The van der Waals surface area contributed by atoms with Gasteiger partial charge in [0.2, 0.25) is 6.19 Å². The van der Waals surface area contributed by atoms with E-state index in [1.807, 2.05) is 42.6 Å². The van der Waals surface area contributed by atoms with Gasteiger partial charge in [-0.25, -0.2) is 0 Å². The van der Waals surface area contributed by atoms with Crippen molar-refractivity contribution in [2.24, 2.45) is 10.1 Å². The molecule has 7 rings (SSSR count). The Kier molecular flexibility index (Phi) is 4.86. The van der Waals surface area contributed by atoms with Crippen molar-refractivity contribution in [1.82, 2.24) is 0 Å². The molecule has 0 spiro atoms. The number of hydrogen-bond donors (Lipinski definition) is 0. The van der Waals surface area contributed by atoms with E-state index in [1.165, 1.54) is 0 Å². The highest BCUT2D eigenvalue weighted by molar-refractivity contribution is 6.21. The lowest BCUT2D eigenvalue weighted by Crippen LogP contribution is -1.99. The zero-order chi connectivity index (χ0) is 25.6. The Bertz CT molecular complexity index is 2070. The third-order valence-electron chi connectivity index (χ3n) is 7.32. The first-order valence-corrected chi connectivity index (χ1v) is 12.3. The molecular formula is C34H18N4. The van der Waals surface area contributed by atoms with Crippen LogP contribution in [0.15, 0.2) is 119 Å². The largest absolute Gasteiger partial charge is 0.206 e. The van der Waals surface area contributed by atoms with Crippen LogP contribution in [-0.2, 0) is 0 Å². The molecule has 7 aromatic carbocycles. The van der Waals surface area contributed by atoms with E-state index < -0.39 is 0 Å². The fourth-order valence-corrected chi connectivity index (χ4v) is 5.63. The molecule has 0 fully saturated rings. The molecule has 7 aromatic rings. The van der Waals surface area contributed by atoms with Gasteiger partial charge in [-0.15, -0.1) is 4.95 Å². The van der Waals surface area contributed by atoms with Gasteiger partial charge in [0.15, 0.2) is 5.36 Å². The van der Waals surface area contributed by atoms with Crippen LogP contribution in [0.4, 0.5) is 0 Å². The molecule has 0 saturated carbocycles. The number of benzene rings is 5. The van der Waals surface area contributed by atoms with E-state index in [1.54, 1.807) is 0 Å². The Morgan fingerprint density at radius 2 is 0.974 bits per heavy atom. The third kappa shape index (κ3) is 3.22. The molecule has 38 heavy (non-hydrogen) atoms. The van der Waals surface area contributed by atoms with Gasteiger partial charge in [0.1, 0.15) is 0 Å². The highest BCUT2D eigenvalue weighted by Gasteiger charge is 2.17. The molecule has 0 N–H and O–H groups in total. The quantitative estimate of drug-likeness (QED) is 0.142. The molecule has 0 radical (unpaired) electrons. The SMILES string of the molecule is [C-]#[N+]N=c1c2cc(-c3ccccc3)ccc2c2cc3c(=NC#N)c4cc(-c5ccccc5)ccc4c3cc12. The maximum atomic E-state index is 9.58. The summed E-state index contributed by atoms with van der Waals surface area (Å²) >= 11 is 0. The molecule has 0 atom stereocenters. The topological polar surface area (TPSA) is 52.9 Å². The van der Waals surface area contributed by atoms with Crippen molar-refractivity contribution < 1.29 is 0 Å². The maximum absolute atomic E-state index is 9.58. The minimum atomic E-state index is 0.677. The van der Waals surface area contributed by atoms with Gasteiger partial charge in [-0.05, 0) is 68.1 Å². The zero-order valence-corrected chi connectivity index (χ0v) is 20.2. The summed E-state index contributed by atoms with van der Waals surface area (Å²) < 4.78 is 0. The van der Waals surface area contributed by atoms with Crippen molar-refractivity contribution in [2.45, 2.75) is 0 Å². The Hall–Kier alpha value is -5.58. The van der Waals surface area contributed by atoms with Crippen molar-refractivity contribution in [2.75, 3.05) is 0 Å². The summed E-state index contributed by atoms with van der Waals surface area (Å²) in [5.74, 6) is 0. The van der Waals surface area contributed by atoms with E-state index >= 15 is 0 Å². The van der Waals surface area contributed by atoms with Gasteiger partial charge < -0.3 is 0 Å². The average molecular weight is 483 g/mol. The van der Waals surface area contributed by atoms with Crippen molar-refractivity contribution >= 4 is 43.1 Å². The summed E-state index contributed by atoms with van der Waals surface area (Å²) in [5, 5.41) is 23.0. The first-order chi connectivity index (χ1) is 18.8. The van der Waals surface area contributed by atoms with Crippen molar-refractivity contribution in [1.29, 1.82) is 5.26 Å². The van der Waals surface area contributed by atoms with Crippen LogP contribution in [-0.4, -0.2) is 0 Å². The van der Waals surface area contributed by atoms with Crippen LogP contribution in [0, 0.1) is 18.0 Å². The molecule has 0 unspecified atom stereocenters. The van der Waals surface area contributed by atoms with Gasteiger partial charge in [-0.1, -0.05) is 84.9 Å². The van der Waals surface area contributed by atoms with Crippen LogP contribution < -0.4 is 10.7 Å². The molecule has 4 heteroatoms. The first kappa shape index (κ1) is 21.7. The second kappa shape index (κ2) is 8.52. The number of hydrogen-bond acceptors (Lipinski definition) is 3. The molecule has 174 valence electrons. The minimum absolute atomic E-state index is 0.677. The van der Waals surface area contributed by atoms with E-state index in [0.717, 1.165) is 65.3 Å². The Morgan fingerprint density at radius 1 is 0.500 bits per heavy atom. The standard InChI is InChI=1S/C34H18N4/c1-36-38-34-30-17-24(22-10-6-3-7-11-22)13-15-26(30)28-18-31-27(19-32(28)34)25-14-12-23(21-8-4-2-5-9-21)16-29(25)33(31)37-20-35/h2-19H. The van der Waals surface area contributed by atoms with E-state index in [0.29, 0.717) is 10.7 Å². The number of rotatable bonds is 2. The molecule has 0 aliphatic rings. The fourth-order valence-electron chi connectivity index (χ4n) is 5.63. The maximum Gasteiger partial charge on any atom is 0.206 e. The average Bonchev–Trinajstić information content (AvgIpc) is 3.44. The minimum Gasteiger partial charge on any atom is -0.181 e. The van der Waals surface area contributed by atoms with E-state index in [2.05, 4.69) is 87.8 Å². The Morgan fingerprint density at radius 3 is 1.47 bits per heavy atom. The van der Waals surface area contributed by atoms with Crippen LogP contribution in [0.1, 0.15) is 0 Å². The molecule has 0 aromatic heterocycles. The smallest absolute Gasteiger partial charge is 0.181 e. The lowest BCUT2D eigenvalue weighted by atomic mass is 10.0. The highest BCUT2D eigenvalue weighted by Crippen LogP contribution is 2.35. The van der Waals surface area contributed by atoms with Crippen LogP contribution in [0.3, 0.4) is 0 Å². The van der Waals surface area contributed by atoms with Gasteiger partial charge in [-0.2, -0.15) is 16.8 Å². The third-order valence-corrected chi connectivity index (χ3v) is 7.32. The normalized spacial score (nSPS) is 12.5. The molecule has 0 aliphatic carbocycles. The van der Waals surface area contributed by atoms with Crippen molar-refractivity contribution in [3.8, 4) is 28.4 Å². The second-order valence-corrected chi connectivity index (χ2v) is 9.31. The second-order valence-electron chi connectivity index (χ2n) is 9.31. The van der Waals surface area contributed by atoms with Gasteiger partial charge in [0.25, 0.3) is 0 Å². The monoisotopic (exact) mass is 482 g/mol.